The molecule has 88 valence electrons. The van der Waals surface area contributed by atoms with Crippen LogP contribution in [-0.4, -0.2) is 16.9 Å². The molecule has 0 saturated carbocycles. The Morgan fingerprint density at radius 1 is 1.50 bits per heavy atom. The van der Waals surface area contributed by atoms with E-state index in [1.165, 1.54) is 11.3 Å². The van der Waals surface area contributed by atoms with Crippen molar-refractivity contribution in [1.29, 1.82) is 0 Å². The molecular weight excluding hydrogens is 292 g/mol. The number of aryl methyl sites for hydroxylation is 1. The van der Waals surface area contributed by atoms with Gasteiger partial charge in [-0.1, -0.05) is 6.92 Å². The topological polar surface area (TPSA) is 54.4 Å². The number of Topliss-reactive ketones (excluding diaryl/α,β-unsaturated/α-hetero) is 1. The third-order valence-corrected chi connectivity index (χ3v) is 4.37. The van der Waals surface area contributed by atoms with Gasteiger partial charge in [0, 0.05) is 12.8 Å². The Morgan fingerprint density at radius 2 is 2.12 bits per heavy atom. The van der Waals surface area contributed by atoms with Gasteiger partial charge in [-0.05, 0) is 40.4 Å². The lowest BCUT2D eigenvalue weighted by Crippen LogP contribution is -2.09. The number of hydrogen-bond acceptors (Lipinski definition) is 3. The van der Waals surface area contributed by atoms with Crippen molar-refractivity contribution in [2.75, 3.05) is 0 Å². The van der Waals surface area contributed by atoms with Crippen LogP contribution in [0.15, 0.2) is 9.85 Å². The Hall–Kier alpha value is -0.680. The number of ketones is 1. The molecule has 16 heavy (non-hydrogen) atoms. The molecule has 1 heterocycles. The number of thiophene rings is 1. The summed E-state index contributed by atoms with van der Waals surface area (Å²) >= 11 is 4.77. The molecule has 0 bridgehead atoms. The molecule has 3 nitrogen and oxygen atoms in total. The molecule has 0 radical (unpaired) electrons. The molecule has 0 spiro atoms. The van der Waals surface area contributed by atoms with Crippen LogP contribution in [0.3, 0.4) is 0 Å². The SMILES string of the molecule is Cc1cc(C(=O)CC(C)CC(=O)O)sc1Br. The van der Waals surface area contributed by atoms with Crippen LogP contribution in [0.25, 0.3) is 0 Å². The zero-order valence-corrected chi connectivity index (χ0v) is 11.5. The zero-order chi connectivity index (χ0) is 12.3. The number of hydrogen-bond donors (Lipinski definition) is 1. The van der Waals surface area contributed by atoms with Crippen LogP contribution in [0.5, 0.6) is 0 Å². The molecule has 0 saturated heterocycles. The highest BCUT2D eigenvalue weighted by molar-refractivity contribution is 9.11. The highest BCUT2D eigenvalue weighted by atomic mass is 79.9. The lowest BCUT2D eigenvalue weighted by Gasteiger charge is -2.05. The maximum Gasteiger partial charge on any atom is 0.303 e. The van der Waals surface area contributed by atoms with Gasteiger partial charge in [0.2, 0.25) is 0 Å². The molecule has 1 N–H and O–H groups in total. The summed E-state index contributed by atoms with van der Waals surface area (Å²) < 4.78 is 0.960. The fourth-order valence-electron chi connectivity index (χ4n) is 1.38. The Morgan fingerprint density at radius 3 is 2.56 bits per heavy atom. The molecule has 0 aliphatic carbocycles. The van der Waals surface area contributed by atoms with E-state index < -0.39 is 5.97 Å². The van der Waals surface area contributed by atoms with E-state index in [-0.39, 0.29) is 18.1 Å². The zero-order valence-electron chi connectivity index (χ0n) is 9.12. The summed E-state index contributed by atoms with van der Waals surface area (Å²) in [6.45, 7) is 3.71. The van der Waals surface area contributed by atoms with Crippen molar-refractivity contribution >= 4 is 39.0 Å². The Bertz CT molecular complexity index is 392. The Labute approximate surface area is 107 Å². The van der Waals surface area contributed by atoms with Gasteiger partial charge in [0.25, 0.3) is 0 Å². The lowest BCUT2D eigenvalue weighted by atomic mass is 10.0. The third-order valence-electron chi connectivity index (χ3n) is 2.19. The summed E-state index contributed by atoms with van der Waals surface area (Å²) in [6, 6.07) is 1.84. The molecule has 0 aliphatic rings. The van der Waals surface area contributed by atoms with E-state index in [0.717, 1.165) is 9.35 Å². The van der Waals surface area contributed by atoms with E-state index in [9.17, 15) is 9.59 Å². The first-order valence-electron chi connectivity index (χ1n) is 4.91. The largest absolute Gasteiger partial charge is 0.481 e. The monoisotopic (exact) mass is 304 g/mol. The van der Waals surface area contributed by atoms with Gasteiger partial charge >= 0.3 is 5.97 Å². The van der Waals surface area contributed by atoms with E-state index in [4.69, 9.17) is 5.11 Å². The first-order chi connectivity index (χ1) is 7.40. The molecule has 1 unspecified atom stereocenters. The maximum absolute atomic E-state index is 11.8. The first kappa shape index (κ1) is 13.4. The highest BCUT2D eigenvalue weighted by Crippen LogP contribution is 2.29. The molecule has 1 rings (SSSR count). The second-order valence-electron chi connectivity index (χ2n) is 3.90. The number of carbonyl (C=O) groups excluding carboxylic acids is 1. The summed E-state index contributed by atoms with van der Waals surface area (Å²) in [5, 5.41) is 8.60. The second-order valence-corrected chi connectivity index (χ2v) is 6.27. The molecule has 1 aromatic heterocycles. The van der Waals surface area contributed by atoms with Crippen molar-refractivity contribution in [2.24, 2.45) is 5.92 Å². The molecule has 0 fully saturated rings. The fourth-order valence-corrected chi connectivity index (χ4v) is 2.87. The quantitative estimate of drug-likeness (QED) is 0.847. The van der Waals surface area contributed by atoms with Gasteiger partial charge in [-0.3, -0.25) is 9.59 Å². The van der Waals surface area contributed by atoms with Crippen molar-refractivity contribution in [3.8, 4) is 0 Å². The van der Waals surface area contributed by atoms with Crippen LogP contribution in [0.4, 0.5) is 0 Å². The first-order valence-corrected chi connectivity index (χ1v) is 6.52. The van der Waals surface area contributed by atoms with Gasteiger partial charge < -0.3 is 5.11 Å². The molecule has 0 aliphatic heterocycles. The number of rotatable bonds is 5. The van der Waals surface area contributed by atoms with Crippen LogP contribution in [-0.2, 0) is 4.79 Å². The predicted octanol–water partition coefficient (Wildman–Crippen LogP) is 3.50. The number of halogens is 1. The van der Waals surface area contributed by atoms with Crippen molar-refractivity contribution in [2.45, 2.75) is 26.7 Å². The second kappa shape index (κ2) is 5.59. The molecule has 0 amide bonds. The van der Waals surface area contributed by atoms with Crippen LogP contribution >= 0.6 is 27.3 Å². The van der Waals surface area contributed by atoms with Crippen molar-refractivity contribution < 1.29 is 14.7 Å². The summed E-state index contributed by atoms with van der Waals surface area (Å²) in [6.07, 6.45) is 0.329. The number of carboxylic acid groups (broad SMARTS) is 1. The van der Waals surface area contributed by atoms with Gasteiger partial charge in [-0.2, -0.15) is 0 Å². The van der Waals surface area contributed by atoms with Gasteiger partial charge in [-0.25, -0.2) is 0 Å². The molecular formula is C11H13BrO3S. The van der Waals surface area contributed by atoms with E-state index >= 15 is 0 Å². The summed E-state index contributed by atoms with van der Waals surface area (Å²) in [5.41, 5.74) is 1.04. The Balaban J connectivity index is 2.62. The maximum atomic E-state index is 11.8. The van der Waals surface area contributed by atoms with Gasteiger partial charge in [-0.15, -0.1) is 11.3 Å². The third kappa shape index (κ3) is 3.72. The highest BCUT2D eigenvalue weighted by Gasteiger charge is 2.16. The number of aliphatic carboxylic acids is 1. The minimum atomic E-state index is -0.858. The van der Waals surface area contributed by atoms with Crippen LogP contribution < -0.4 is 0 Å². The average molecular weight is 305 g/mol. The van der Waals surface area contributed by atoms with Crippen LogP contribution in [0, 0.1) is 12.8 Å². The Kier molecular flexibility index (Phi) is 4.68. The minimum Gasteiger partial charge on any atom is -0.481 e. The molecule has 1 aromatic rings. The van der Waals surface area contributed by atoms with Crippen LogP contribution in [0.2, 0.25) is 0 Å². The van der Waals surface area contributed by atoms with Crippen molar-refractivity contribution in [3.05, 3.63) is 20.3 Å². The van der Waals surface area contributed by atoms with E-state index in [2.05, 4.69) is 15.9 Å². The molecule has 0 aromatic carbocycles. The average Bonchev–Trinajstić information content (AvgIpc) is 2.45. The molecule has 1 atom stereocenters. The minimum absolute atomic E-state index is 0.0209. The van der Waals surface area contributed by atoms with E-state index in [1.54, 1.807) is 6.92 Å². The van der Waals surface area contributed by atoms with Crippen molar-refractivity contribution in [1.82, 2.24) is 0 Å². The van der Waals surface area contributed by atoms with E-state index in [1.807, 2.05) is 13.0 Å². The normalized spacial score (nSPS) is 12.4. The standard InChI is InChI=1S/C11H13BrO3S/c1-6(4-10(14)15)3-8(13)9-5-7(2)11(12)16-9/h5-6H,3-4H2,1-2H3,(H,14,15). The summed E-state index contributed by atoms with van der Waals surface area (Å²) in [4.78, 5) is 23.0. The van der Waals surface area contributed by atoms with E-state index in [0.29, 0.717) is 11.3 Å². The fraction of sp³-hybridized carbons (Fsp3) is 0.455. The van der Waals surface area contributed by atoms with Crippen LogP contribution in [0.1, 0.15) is 35.0 Å². The van der Waals surface area contributed by atoms with Gasteiger partial charge in [0.15, 0.2) is 5.78 Å². The number of carboxylic acids is 1. The summed E-state index contributed by atoms with van der Waals surface area (Å²) in [5.74, 6) is -0.956. The van der Waals surface area contributed by atoms with Gasteiger partial charge in [0.05, 0.1) is 8.66 Å². The lowest BCUT2D eigenvalue weighted by molar-refractivity contribution is -0.137. The van der Waals surface area contributed by atoms with Crippen molar-refractivity contribution in [3.63, 3.8) is 0 Å². The smallest absolute Gasteiger partial charge is 0.303 e. The summed E-state index contributed by atoms with van der Waals surface area (Å²) in [7, 11) is 0. The predicted molar refractivity (Wildman–Crippen MR) is 67.1 cm³/mol. The van der Waals surface area contributed by atoms with Gasteiger partial charge in [0.1, 0.15) is 0 Å². The number of carbonyl (C=O) groups is 2. The molecule has 5 heteroatoms.